The highest BCUT2D eigenvalue weighted by Crippen LogP contribution is 2.38. The summed E-state index contributed by atoms with van der Waals surface area (Å²) in [7, 11) is 3.35. The van der Waals surface area contributed by atoms with Crippen LogP contribution in [0.2, 0.25) is 0 Å². The minimum Gasteiger partial charge on any atom is -0.385 e. The second-order valence-corrected chi connectivity index (χ2v) is 6.16. The zero-order valence-corrected chi connectivity index (χ0v) is 15.0. The van der Waals surface area contributed by atoms with Gasteiger partial charge in [-0.05, 0) is 31.2 Å². The van der Waals surface area contributed by atoms with Crippen LogP contribution in [0.25, 0.3) is 0 Å². The van der Waals surface area contributed by atoms with Gasteiger partial charge in [-0.1, -0.05) is 19.3 Å². The molecule has 0 saturated heterocycles. The molecular formula is C16H33ClN2O3. The Bertz CT molecular complexity index is 297. The summed E-state index contributed by atoms with van der Waals surface area (Å²) in [5.74, 6) is 0.218. The molecule has 1 fully saturated rings. The third kappa shape index (κ3) is 7.27. The van der Waals surface area contributed by atoms with Crippen molar-refractivity contribution < 1.29 is 14.3 Å². The molecule has 0 bridgehead atoms. The fourth-order valence-electron chi connectivity index (χ4n) is 3.15. The lowest BCUT2D eigenvalue weighted by Gasteiger charge is -2.37. The van der Waals surface area contributed by atoms with Crippen LogP contribution in [0, 0.1) is 5.41 Å². The third-order valence-electron chi connectivity index (χ3n) is 4.57. The van der Waals surface area contributed by atoms with Gasteiger partial charge >= 0.3 is 0 Å². The summed E-state index contributed by atoms with van der Waals surface area (Å²) in [6, 6.07) is 0. The minimum absolute atomic E-state index is 0. The van der Waals surface area contributed by atoms with Crippen LogP contribution in [0.4, 0.5) is 0 Å². The number of carbonyl (C=O) groups is 1. The molecule has 5 nitrogen and oxygen atoms in total. The maximum Gasteiger partial charge on any atom is 0.223 e. The molecule has 0 aromatic rings. The van der Waals surface area contributed by atoms with Gasteiger partial charge in [-0.25, -0.2) is 0 Å². The Hall–Kier alpha value is -0.360. The summed E-state index contributed by atoms with van der Waals surface area (Å²) in [6.45, 7) is 3.26. The molecule has 6 heteroatoms. The predicted molar refractivity (Wildman–Crippen MR) is 91.4 cm³/mol. The van der Waals surface area contributed by atoms with Gasteiger partial charge in [0.15, 0.2) is 0 Å². The van der Waals surface area contributed by atoms with E-state index in [-0.39, 0.29) is 23.7 Å². The van der Waals surface area contributed by atoms with Crippen LogP contribution in [0.3, 0.4) is 0 Å². The average molecular weight is 337 g/mol. The maximum absolute atomic E-state index is 12.6. The van der Waals surface area contributed by atoms with E-state index < -0.39 is 0 Å². The molecule has 1 saturated carbocycles. The summed E-state index contributed by atoms with van der Waals surface area (Å²) in [5, 5.41) is 0. The van der Waals surface area contributed by atoms with Crippen LogP contribution < -0.4 is 5.73 Å². The van der Waals surface area contributed by atoms with E-state index in [1.807, 2.05) is 4.90 Å². The van der Waals surface area contributed by atoms with Gasteiger partial charge in [0.1, 0.15) is 0 Å². The van der Waals surface area contributed by atoms with Crippen molar-refractivity contribution in [1.82, 2.24) is 4.90 Å². The number of methoxy groups -OCH3 is 2. The second-order valence-electron chi connectivity index (χ2n) is 6.16. The van der Waals surface area contributed by atoms with E-state index in [0.29, 0.717) is 32.7 Å². The van der Waals surface area contributed by atoms with Crippen LogP contribution in [-0.4, -0.2) is 57.9 Å². The SMILES string of the molecule is COCCCN(CCOC)C(=O)CC1(CN)CCCCC1.Cl. The lowest BCUT2D eigenvalue weighted by Crippen LogP contribution is -2.42. The fourth-order valence-corrected chi connectivity index (χ4v) is 3.15. The smallest absolute Gasteiger partial charge is 0.223 e. The molecule has 22 heavy (non-hydrogen) atoms. The van der Waals surface area contributed by atoms with E-state index in [1.165, 1.54) is 19.3 Å². The maximum atomic E-state index is 12.6. The van der Waals surface area contributed by atoms with Gasteiger partial charge < -0.3 is 20.1 Å². The predicted octanol–water partition coefficient (Wildman–Crippen LogP) is 2.22. The number of nitrogens with zero attached hydrogens (tertiary/aromatic N) is 1. The first-order valence-electron chi connectivity index (χ1n) is 8.13. The van der Waals surface area contributed by atoms with Crippen molar-refractivity contribution in [3.63, 3.8) is 0 Å². The van der Waals surface area contributed by atoms with Crippen molar-refractivity contribution in [3.05, 3.63) is 0 Å². The monoisotopic (exact) mass is 336 g/mol. The number of carbonyl (C=O) groups excluding carboxylic acids is 1. The molecule has 0 aromatic heterocycles. The van der Waals surface area contributed by atoms with E-state index in [4.69, 9.17) is 15.2 Å². The second kappa shape index (κ2) is 12.1. The molecule has 0 radical (unpaired) electrons. The van der Waals surface area contributed by atoms with Crippen molar-refractivity contribution >= 4 is 18.3 Å². The first kappa shape index (κ1) is 21.6. The summed E-state index contributed by atoms with van der Waals surface area (Å²) in [5.41, 5.74) is 6.02. The molecule has 2 N–H and O–H groups in total. The third-order valence-corrected chi connectivity index (χ3v) is 4.57. The number of amides is 1. The summed E-state index contributed by atoms with van der Waals surface area (Å²) in [4.78, 5) is 14.6. The van der Waals surface area contributed by atoms with Gasteiger partial charge in [-0.15, -0.1) is 12.4 Å². The fraction of sp³-hybridized carbons (Fsp3) is 0.938. The quantitative estimate of drug-likeness (QED) is 0.621. The van der Waals surface area contributed by atoms with Crippen LogP contribution in [0.15, 0.2) is 0 Å². The normalized spacial score (nSPS) is 16.9. The van der Waals surface area contributed by atoms with Crippen molar-refractivity contribution in [3.8, 4) is 0 Å². The number of nitrogens with two attached hydrogens (primary N) is 1. The lowest BCUT2D eigenvalue weighted by atomic mass is 9.71. The summed E-state index contributed by atoms with van der Waals surface area (Å²) >= 11 is 0. The van der Waals surface area contributed by atoms with Crippen molar-refractivity contribution in [2.24, 2.45) is 11.1 Å². The molecule has 1 amide bonds. The Kier molecular flexibility index (Phi) is 11.9. The largest absolute Gasteiger partial charge is 0.385 e. The number of hydrogen-bond donors (Lipinski definition) is 1. The Morgan fingerprint density at radius 2 is 1.73 bits per heavy atom. The molecule has 1 rings (SSSR count). The number of ether oxygens (including phenoxy) is 2. The number of halogens is 1. The van der Waals surface area contributed by atoms with Gasteiger partial charge in [0, 0.05) is 40.3 Å². The van der Waals surface area contributed by atoms with Crippen LogP contribution in [0.1, 0.15) is 44.9 Å². The van der Waals surface area contributed by atoms with E-state index in [2.05, 4.69) is 0 Å². The highest BCUT2D eigenvalue weighted by Gasteiger charge is 2.34. The van der Waals surface area contributed by atoms with Crippen molar-refractivity contribution in [2.75, 3.05) is 47.1 Å². The van der Waals surface area contributed by atoms with E-state index >= 15 is 0 Å². The molecule has 1 aliphatic carbocycles. The van der Waals surface area contributed by atoms with Gasteiger partial charge in [0.05, 0.1) is 6.61 Å². The van der Waals surface area contributed by atoms with Crippen LogP contribution >= 0.6 is 12.4 Å². The topological polar surface area (TPSA) is 64.8 Å². The first-order valence-corrected chi connectivity index (χ1v) is 8.13. The Morgan fingerprint density at radius 3 is 2.27 bits per heavy atom. The Balaban J connectivity index is 0.00000441. The summed E-state index contributed by atoms with van der Waals surface area (Å²) < 4.78 is 10.2. The molecule has 0 aromatic carbocycles. The van der Waals surface area contributed by atoms with Gasteiger partial charge in [0.2, 0.25) is 5.91 Å². The Morgan fingerprint density at radius 1 is 1.09 bits per heavy atom. The molecular weight excluding hydrogens is 304 g/mol. The van der Waals surface area contributed by atoms with Gasteiger partial charge in [-0.2, -0.15) is 0 Å². The molecule has 1 aliphatic rings. The molecule has 0 unspecified atom stereocenters. The number of hydrogen-bond acceptors (Lipinski definition) is 4. The van der Waals surface area contributed by atoms with Gasteiger partial charge in [-0.3, -0.25) is 4.79 Å². The van der Waals surface area contributed by atoms with Gasteiger partial charge in [0.25, 0.3) is 0 Å². The zero-order valence-electron chi connectivity index (χ0n) is 14.1. The standard InChI is InChI=1S/C16H32N2O3.ClH/c1-20-11-6-9-18(10-12-21-2)15(19)13-16(14-17)7-4-3-5-8-16;/h3-14,17H2,1-2H3;1H. The lowest BCUT2D eigenvalue weighted by molar-refractivity contribution is -0.135. The average Bonchev–Trinajstić information content (AvgIpc) is 2.51. The van der Waals surface area contributed by atoms with Crippen LogP contribution in [-0.2, 0) is 14.3 Å². The van der Waals surface area contributed by atoms with Crippen LogP contribution in [0.5, 0.6) is 0 Å². The molecule has 132 valence electrons. The zero-order chi connectivity index (χ0) is 15.6. The van der Waals surface area contributed by atoms with E-state index in [9.17, 15) is 4.79 Å². The highest BCUT2D eigenvalue weighted by atomic mass is 35.5. The Labute approximate surface area is 141 Å². The first-order chi connectivity index (χ1) is 10.2. The van der Waals surface area contributed by atoms with E-state index in [0.717, 1.165) is 25.8 Å². The summed E-state index contributed by atoms with van der Waals surface area (Å²) in [6.07, 6.45) is 7.30. The molecule has 0 atom stereocenters. The highest BCUT2D eigenvalue weighted by molar-refractivity contribution is 5.85. The minimum atomic E-state index is 0. The van der Waals surface area contributed by atoms with Crippen molar-refractivity contribution in [1.29, 1.82) is 0 Å². The molecule has 0 spiro atoms. The van der Waals surface area contributed by atoms with Crippen molar-refractivity contribution in [2.45, 2.75) is 44.9 Å². The number of rotatable bonds is 10. The molecule has 0 aliphatic heterocycles. The molecule has 0 heterocycles. The van der Waals surface area contributed by atoms with E-state index in [1.54, 1.807) is 14.2 Å².